The molecular weight excluding hydrogens is 248 g/mol. The zero-order valence-corrected chi connectivity index (χ0v) is 11.2. The van der Waals surface area contributed by atoms with E-state index in [1.54, 1.807) is 17.7 Å². The highest BCUT2D eigenvalue weighted by Gasteiger charge is 2.06. The molecule has 3 nitrogen and oxygen atoms in total. The number of aryl methyl sites for hydroxylation is 2. The minimum absolute atomic E-state index is 0.0712. The molecule has 18 heavy (non-hydrogen) atoms. The second kappa shape index (κ2) is 5.55. The molecule has 0 saturated heterocycles. The summed E-state index contributed by atoms with van der Waals surface area (Å²) >= 11 is 5.99. The number of aromatic nitrogens is 1. The number of hydrogen-bond donors (Lipinski definition) is 1. The van der Waals surface area contributed by atoms with Crippen LogP contribution in [0.5, 0.6) is 0 Å². The number of pyridine rings is 1. The number of rotatable bonds is 4. The van der Waals surface area contributed by atoms with Crippen LogP contribution < -0.4 is 11.3 Å². The Morgan fingerprint density at radius 1 is 1.28 bits per heavy atom. The van der Waals surface area contributed by atoms with E-state index in [0.717, 1.165) is 35.7 Å². The quantitative estimate of drug-likeness (QED) is 0.863. The van der Waals surface area contributed by atoms with E-state index < -0.39 is 0 Å². The lowest BCUT2D eigenvalue weighted by Gasteiger charge is -2.09. The summed E-state index contributed by atoms with van der Waals surface area (Å²) in [5.41, 5.74) is 7.28. The first kappa shape index (κ1) is 13.1. The maximum atomic E-state index is 12.2. The summed E-state index contributed by atoms with van der Waals surface area (Å²) in [5.74, 6) is 0. The highest BCUT2D eigenvalue weighted by molar-refractivity contribution is 6.31. The van der Waals surface area contributed by atoms with Gasteiger partial charge in [-0.25, -0.2) is 0 Å². The largest absolute Gasteiger partial charge is 0.330 e. The van der Waals surface area contributed by atoms with Crippen molar-refractivity contribution in [2.75, 3.05) is 6.54 Å². The molecule has 0 spiro atoms. The molecule has 0 aliphatic rings. The lowest BCUT2D eigenvalue weighted by atomic mass is 10.1. The van der Waals surface area contributed by atoms with Crippen molar-refractivity contribution < 1.29 is 0 Å². The molecule has 4 heteroatoms. The number of fused-ring (bicyclic) bond motifs is 1. The zero-order chi connectivity index (χ0) is 13.1. The van der Waals surface area contributed by atoms with Crippen LogP contribution in [0, 0.1) is 0 Å². The van der Waals surface area contributed by atoms with Gasteiger partial charge in [0.15, 0.2) is 0 Å². The first-order chi connectivity index (χ1) is 8.63. The third kappa shape index (κ3) is 2.57. The van der Waals surface area contributed by atoms with Crippen LogP contribution in [-0.2, 0) is 13.5 Å². The summed E-state index contributed by atoms with van der Waals surface area (Å²) in [7, 11) is 1.80. The fourth-order valence-electron chi connectivity index (χ4n) is 2.16. The average molecular weight is 265 g/mol. The Morgan fingerprint density at radius 3 is 2.78 bits per heavy atom. The van der Waals surface area contributed by atoms with Gasteiger partial charge in [-0.1, -0.05) is 11.6 Å². The Hall–Kier alpha value is -1.32. The number of nitrogens with two attached hydrogens (primary N) is 1. The van der Waals surface area contributed by atoms with Crippen molar-refractivity contribution in [3.8, 4) is 0 Å². The second-order valence-electron chi connectivity index (χ2n) is 4.48. The van der Waals surface area contributed by atoms with E-state index in [9.17, 15) is 4.79 Å². The van der Waals surface area contributed by atoms with E-state index in [4.69, 9.17) is 17.3 Å². The molecule has 2 N–H and O–H groups in total. The van der Waals surface area contributed by atoms with Crippen molar-refractivity contribution in [1.82, 2.24) is 4.57 Å². The molecule has 0 amide bonds. The number of nitrogens with zero attached hydrogens (tertiary/aromatic N) is 1. The molecule has 2 aromatic rings. The molecule has 1 heterocycles. The van der Waals surface area contributed by atoms with Crippen LogP contribution in [0.1, 0.15) is 18.4 Å². The lowest BCUT2D eigenvalue weighted by molar-refractivity contribution is 0.732. The predicted molar refractivity (Wildman–Crippen MR) is 76.2 cm³/mol. The fraction of sp³-hybridized carbons (Fsp3) is 0.357. The van der Waals surface area contributed by atoms with E-state index in [2.05, 4.69) is 0 Å². The number of unbranched alkanes of at least 4 members (excludes halogenated alkanes) is 1. The van der Waals surface area contributed by atoms with Gasteiger partial charge in [0.25, 0.3) is 5.56 Å². The second-order valence-corrected chi connectivity index (χ2v) is 4.92. The van der Waals surface area contributed by atoms with Crippen molar-refractivity contribution >= 4 is 22.5 Å². The van der Waals surface area contributed by atoms with Gasteiger partial charge in [0, 0.05) is 23.0 Å². The number of halogens is 1. The summed E-state index contributed by atoms with van der Waals surface area (Å²) in [4.78, 5) is 12.2. The van der Waals surface area contributed by atoms with Crippen LogP contribution in [0.4, 0.5) is 0 Å². The average Bonchev–Trinajstić information content (AvgIpc) is 2.35. The Labute approximate surface area is 111 Å². The molecule has 0 fully saturated rings. The number of hydrogen-bond acceptors (Lipinski definition) is 2. The van der Waals surface area contributed by atoms with Crippen molar-refractivity contribution in [1.29, 1.82) is 0 Å². The monoisotopic (exact) mass is 264 g/mol. The lowest BCUT2D eigenvalue weighted by Crippen LogP contribution is -2.21. The Kier molecular flexibility index (Phi) is 4.04. The van der Waals surface area contributed by atoms with Gasteiger partial charge in [-0.05, 0) is 50.1 Å². The third-order valence-electron chi connectivity index (χ3n) is 3.16. The van der Waals surface area contributed by atoms with Crippen LogP contribution in [0.2, 0.25) is 5.02 Å². The molecule has 1 aromatic heterocycles. The standard InChI is InChI=1S/C14H17ClN2O/c1-17-13-6-5-12(15)9-11(13)8-10(14(17)18)4-2-3-7-16/h5-6,8-9H,2-4,7,16H2,1H3. The zero-order valence-electron chi connectivity index (χ0n) is 10.4. The SMILES string of the molecule is Cn1c(=O)c(CCCCN)cc2cc(Cl)ccc21. The van der Waals surface area contributed by atoms with Gasteiger partial charge in [0.05, 0.1) is 5.52 Å². The maximum absolute atomic E-state index is 12.2. The van der Waals surface area contributed by atoms with Crippen molar-refractivity contribution in [3.63, 3.8) is 0 Å². The minimum atomic E-state index is 0.0712. The van der Waals surface area contributed by atoms with E-state index in [0.29, 0.717) is 11.6 Å². The van der Waals surface area contributed by atoms with Crippen molar-refractivity contribution in [2.45, 2.75) is 19.3 Å². The van der Waals surface area contributed by atoms with Gasteiger partial charge in [-0.2, -0.15) is 0 Å². The highest BCUT2D eigenvalue weighted by Crippen LogP contribution is 2.19. The molecule has 0 saturated carbocycles. The smallest absolute Gasteiger partial charge is 0.253 e. The summed E-state index contributed by atoms with van der Waals surface area (Å²) in [6, 6.07) is 7.52. The van der Waals surface area contributed by atoms with E-state index in [-0.39, 0.29) is 5.56 Å². The van der Waals surface area contributed by atoms with Gasteiger partial charge >= 0.3 is 0 Å². The molecule has 0 aliphatic carbocycles. The fourth-order valence-corrected chi connectivity index (χ4v) is 2.34. The van der Waals surface area contributed by atoms with Gasteiger partial charge in [-0.15, -0.1) is 0 Å². The van der Waals surface area contributed by atoms with Crippen LogP contribution in [0.3, 0.4) is 0 Å². The summed E-state index contributed by atoms with van der Waals surface area (Å²) in [6.45, 7) is 0.666. The molecule has 0 radical (unpaired) electrons. The van der Waals surface area contributed by atoms with Crippen LogP contribution in [0.15, 0.2) is 29.1 Å². The molecule has 1 aromatic carbocycles. The molecule has 96 valence electrons. The predicted octanol–water partition coefficient (Wildman–Crippen LogP) is 2.47. The molecule has 0 bridgehead atoms. The van der Waals surface area contributed by atoms with Crippen molar-refractivity contribution in [3.05, 3.63) is 45.2 Å². The molecule has 0 unspecified atom stereocenters. The van der Waals surface area contributed by atoms with E-state index in [1.807, 2.05) is 18.2 Å². The molecular formula is C14H17ClN2O. The Morgan fingerprint density at radius 2 is 2.06 bits per heavy atom. The summed E-state index contributed by atoms with van der Waals surface area (Å²) < 4.78 is 1.68. The Bertz CT molecular complexity index is 619. The van der Waals surface area contributed by atoms with Gasteiger partial charge in [0.2, 0.25) is 0 Å². The minimum Gasteiger partial charge on any atom is -0.330 e. The van der Waals surface area contributed by atoms with Crippen molar-refractivity contribution in [2.24, 2.45) is 12.8 Å². The van der Waals surface area contributed by atoms with Gasteiger partial charge in [-0.3, -0.25) is 4.79 Å². The first-order valence-corrected chi connectivity index (χ1v) is 6.49. The van der Waals surface area contributed by atoms with Crippen LogP contribution in [0.25, 0.3) is 10.9 Å². The topological polar surface area (TPSA) is 48.0 Å². The summed E-state index contributed by atoms with van der Waals surface area (Å²) in [5, 5.41) is 1.70. The Balaban J connectivity index is 2.48. The highest BCUT2D eigenvalue weighted by atomic mass is 35.5. The van der Waals surface area contributed by atoms with Crippen LogP contribution >= 0.6 is 11.6 Å². The van der Waals surface area contributed by atoms with E-state index in [1.165, 1.54) is 0 Å². The molecule has 0 atom stereocenters. The van der Waals surface area contributed by atoms with E-state index >= 15 is 0 Å². The third-order valence-corrected chi connectivity index (χ3v) is 3.40. The molecule has 0 aliphatic heterocycles. The number of benzene rings is 1. The normalized spacial score (nSPS) is 11.1. The van der Waals surface area contributed by atoms with Gasteiger partial charge < -0.3 is 10.3 Å². The summed E-state index contributed by atoms with van der Waals surface area (Å²) in [6.07, 6.45) is 2.65. The molecule has 2 rings (SSSR count). The first-order valence-electron chi connectivity index (χ1n) is 6.11. The van der Waals surface area contributed by atoms with Crippen LogP contribution in [-0.4, -0.2) is 11.1 Å². The van der Waals surface area contributed by atoms with Gasteiger partial charge in [0.1, 0.15) is 0 Å². The maximum Gasteiger partial charge on any atom is 0.253 e.